The van der Waals surface area contributed by atoms with Crippen LogP contribution in [0, 0.1) is 6.92 Å². The first-order chi connectivity index (χ1) is 9.63. The fourth-order valence-electron chi connectivity index (χ4n) is 2.52. The summed E-state index contributed by atoms with van der Waals surface area (Å²) < 4.78 is 7.06. The molecule has 0 radical (unpaired) electrons. The summed E-state index contributed by atoms with van der Waals surface area (Å²) in [4.78, 5) is 0. The molecule has 0 aliphatic carbocycles. The molecule has 1 atom stereocenters. The summed E-state index contributed by atoms with van der Waals surface area (Å²) in [6.07, 6.45) is 4.18. The highest BCUT2D eigenvalue weighted by Crippen LogP contribution is 2.22. The molecule has 0 amide bonds. The second kappa shape index (κ2) is 6.57. The van der Waals surface area contributed by atoms with Crippen molar-refractivity contribution in [3.8, 4) is 5.75 Å². The lowest BCUT2D eigenvalue weighted by atomic mass is 10.00. The standard InChI is InChI=1S/C16H23N3O/c1-12-15(11-19(3)18-12)16(17-2)10-7-13-5-8-14(20-4)9-6-13/h5-6,8-9,11,16-17H,7,10H2,1-4H3. The second-order valence-corrected chi connectivity index (χ2v) is 5.07. The van der Waals surface area contributed by atoms with Crippen LogP contribution in [0.4, 0.5) is 0 Å². The van der Waals surface area contributed by atoms with Gasteiger partial charge in [0.05, 0.1) is 12.8 Å². The van der Waals surface area contributed by atoms with Gasteiger partial charge in [-0.15, -0.1) is 0 Å². The van der Waals surface area contributed by atoms with Gasteiger partial charge in [-0.25, -0.2) is 0 Å². The van der Waals surface area contributed by atoms with Gasteiger partial charge < -0.3 is 10.1 Å². The molecule has 0 spiro atoms. The Labute approximate surface area is 120 Å². The van der Waals surface area contributed by atoms with Crippen molar-refractivity contribution in [2.75, 3.05) is 14.2 Å². The number of benzene rings is 1. The van der Waals surface area contributed by atoms with Crippen LogP contribution in [-0.4, -0.2) is 23.9 Å². The van der Waals surface area contributed by atoms with E-state index in [0.29, 0.717) is 6.04 Å². The molecule has 0 aliphatic heterocycles. The molecule has 0 saturated heterocycles. The number of nitrogens with zero attached hydrogens (tertiary/aromatic N) is 2. The van der Waals surface area contributed by atoms with Crippen molar-refractivity contribution in [3.05, 3.63) is 47.3 Å². The van der Waals surface area contributed by atoms with Crippen LogP contribution in [0.1, 0.15) is 29.3 Å². The lowest BCUT2D eigenvalue weighted by molar-refractivity contribution is 0.414. The van der Waals surface area contributed by atoms with E-state index in [1.54, 1.807) is 7.11 Å². The van der Waals surface area contributed by atoms with Crippen LogP contribution in [0.15, 0.2) is 30.5 Å². The van der Waals surface area contributed by atoms with Crippen LogP contribution >= 0.6 is 0 Å². The predicted octanol–water partition coefficient (Wildman–Crippen LogP) is 2.63. The molecule has 1 unspecified atom stereocenters. The number of methoxy groups -OCH3 is 1. The number of rotatable bonds is 6. The van der Waals surface area contributed by atoms with Crippen molar-refractivity contribution in [2.24, 2.45) is 7.05 Å². The summed E-state index contributed by atoms with van der Waals surface area (Å²) in [6.45, 7) is 2.06. The van der Waals surface area contributed by atoms with Crippen molar-refractivity contribution in [2.45, 2.75) is 25.8 Å². The van der Waals surface area contributed by atoms with Gasteiger partial charge in [-0.3, -0.25) is 4.68 Å². The molecular weight excluding hydrogens is 250 g/mol. The Bertz CT molecular complexity index is 545. The monoisotopic (exact) mass is 273 g/mol. The molecule has 2 aromatic rings. The average molecular weight is 273 g/mol. The fourth-order valence-corrected chi connectivity index (χ4v) is 2.52. The third kappa shape index (κ3) is 3.39. The summed E-state index contributed by atoms with van der Waals surface area (Å²) >= 11 is 0. The van der Waals surface area contributed by atoms with E-state index in [0.717, 1.165) is 24.3 Å². The van der Waals surface area contributed by atoms with Gasteiger partial charge in [0, 0.05) is 24.8 Å². The van der Waals surface area contributed by atoms with Gasteiger partial charge in [-0.2, -0.15) is 5.10 Å². The lowest BCUT2D eigenvalue weighted by Gasteiger charge is -2.15. The first-order valence-corrected chi connectivity index (χ1v) is 6.94. The topological polar surface area (TPSA) is 39.1 Å². The van der Waals surface area contributed by atoms with Gasteiger partial charge in [-0.05, 0) is 44.5 Å². The minimum Gasteiger partial charge on any atom is -0.497 e. The summed E-state index contributed by atoms with van der Waals surface area (Å²) in [5.41, 5.74) is 3.71. The Balaban J connectivity index is 2.01. The Morgan fingerprint density at radius 2 is 2.00 bits per heavy atom. The number of aryl methyl sites for hydroxylation is 3. The lowest BCUT2D eigenvalue weighted by Crippen LogP contribution is -2.17. The number of ether oxygens (including phenoxy) is 1. The molecule has 0 aliphatic rings. The first kappa shape index (κ1) is 14.6. The van der Waals surface area contributed by atoms with Gasteiger partial charge in [0.1, 0.15) is 5.75 Å². The summed E-state index contributed by atoms with van der Waals surface area (Å²) in [7, 11) is 5.66. The normalized spacial score (nSPS) is 12.4. The molecule has 0 bridgehead atoms. The van der Waals surface area contributed by atoms with Crippen molar-refractivity contribution < 1.29 is 4.74 Å². The number of nitrogens with one attached hydrogen (secondary N) is 1. The van der Waals surface area contributed by atoms with Gasteiger partial charge in [0.2, 0.25) is 0 Å². The maximum absolute atomic E-state index is 5.18. The van der Waals surface area contributed by atoms with E-state index in [4.69, 9.17) is 4.74 Å². The van der Waals surface area contributed by atoms with Crippen molar-refractivity contribution >= 4 is 0 Å². The highest BCUT2D eigenvalue weighted by molar-refractivity contribution is 5.27. The number of aromatic nitrogens is 2. The van der Waals surface area contributed by atoms with Gasteiger partial charge in [0.15, 0.2) is 0 Å². The summed E-state index contributed by atoms with van der Waals surface area (Å²) in [6, 6.07) is 8.62. The fraction of sp³-hybridized carbons (Fsp3) is 0.438. The molecule has 2 rings (SSSR count). The zero-order chi connectivity index (χ0) is 14.5. The van der Waals surface area contributed by atoms with Crippen LogP contribution in [0.3, 0.4) is 0 Å². The minimum absolute atomic E-state index is 0.339. The molecule has 0 fully saturated rings. The maximum Gasteiger partial charge on any atom is 0.118 e. The Morgan fingerprint density at radius 3 is 2.50 bits per heavy atom. The van der Waals surface area contributed by atoms with Crippen LogP contribution < -0.4 is 10.1 Å². The molecule has 4 heteroatoms. The van der Waals surface area contributed by atoms with Gasteiger partial charge in [0.25, 0.3) is 0 Å². The van der Waals surface area contributed by atoms with Gasteiger partial charge >= 0.3 is 0 Å². The van der Waals surface area contributed by atoms with Crippen LogP contribution in [0.2, 0.25) is 0 Å². The molecule has 1 N–H and O–H groups in total. The molecule has 1 aromatic heterocycles. The summed E-state index contributed by atoms with van der Waals surface area (Å²) in [5.74, 6) is 0.905. The Kier molecular flexibility index (Phi) is 4.79. The zero-order valence-corrected chi connectivity index (χ0v) is 12.7. The van der Waals surface area contributed by atoms with E-state index in [2.05, 4.69) is 35.7 Å². The number of hydrogen-bond donors (Lipinski definition) is 1. The van der Waals surface area contributed by atoms with E-state index < -0.39 is 0 Å². The van der Waals surface area contributed by atoms with Crippen molar-refractivity contribution in [1.29, 1.82) is 0 Å². The molecule has 20 heavy (non-hydrogen) atoms. The van der Waals surface area contributed by atoms with E-state index in [1.807, 2.05) is 30.9 Å². The smallest absolute Gasteiger partial charge is 0.118 e. The third-order valence-corrected chi connectivity index (χ3v) is 3.66. The molecule has 0 saturated carbocycles. The van der Waals surface area contributed by atoms with Crippen LogP contribution in [0.25, 0.3) is 0 Å². The van der Waals surface area contributed by atoms with E-state index in [1.165, 1.54) is 11.1 Å². The Morgan fingerprint density at radius 1 is 1.30 bits per heavy atom. The molecule has 1 heterocycles. The SMILES string of the molecule is CNC(CCc1ccc(OC)cc1)c1cn(C)nc1C. The highest BCUT2D eigenvalue weighted by atomic mass is 16.5. The molecule has 108 valence electrons. The summed E-state index contributed by atoms with van der Waals surface area (Å²) in [5, 5.41) is 7.81. The third-order valence-electron chi connectivity index (χ3n) is 3.66. The van der Waals surface area contributed by atoms with E-state index >= 15 is 0 Å². The Hall–Kier alpha value is -1.81. The van der Waals surface area contributed by atoms with Gasteiger partial charge in [-0.1, -0.05) is 12.1 Å². The largest absolute Gasteiger partial charge is 0.497 e. The van der Waals surface area contributed by atoms with E-state index in [-0.39, 0.29) is 0 Å². The quantitative estimate of drug-likeness (QED) is 0.879. The number of hydrogen-bond acceptors (Lipinski definition) is 3. The minimum atomic E-state index is 0.339. The molecular formula is C16H23N3O. The van der Waals surface area contributed by atoms with Crippen molar-refractivity contribution in [3.63, 3.8) is 0 Å². The van der Waals surface area contributed by atoms with E-state index in [9.17, 15) is 0 Å². The van der Waals surface area contributed by atoms with Crippen molar-refractivity contribution in [1.82, 2.24) is 15.1 Å². The second-order valence-electron chi connectivity index (χ2n) is 5.07. The predicted molar refractivity (Wildman–Crippen MR) is 81.1 cm³/mol. The highest BCUT2D eigenvalue weighted by Gasteiger charge is 2.14. The maximum atomic E-state index is 5.18. The zero-order valence-electron chi connectivity index (χ0n) is 12.7. The van der Waals surface area contributed by atoms with Crippen LogP contribution in [-0.2, 0) is 13.5 Å². The van der Waals surface area contributed by atoms with Crippen LogP contribution in [0.5, 0.6) is 5.75 Å². The average Bonchev–Trinajstić information content (AvgIpc) is 2.79. The molecule has 1 aromatic carbocycles. The molecule has 4 nitrogen and oxygen atoms in total. The first-order valence-electron chi connectivity index (χ1n) is 6.94.